The molecular formula is C21H22N6O2S. The molecule has 0 atom stereocenters. The number of hydrogen-bond donors (Lipinski definition) is 2. The van der Waals surface area contributed by atoms with Crippen LogP contribution in [0.25, 0.3) is 5.82 Å². The zero-order chi connectivity index (χ0) is 20.9. The molecule has 2 N–H and O–H groups in total. The Hall–Kier alpha value is -3.20. The van der Waals surface area contributed by atoms with E-state index >= 15 is 0 Å². The molecule has 1 aromatic carbocycles. The van der Waals surface area contributed by atoms with Gasteiger partial charge in [0, 0.05) is 24.0 Å². The van der Waals surface area contributed by atoms with Crippen molar-refractivity contribution in [3.63, 3.8) is 0 Å². The van der Waals surface area contributed by atoms with Crippen molar-refractivity contribution in [2.75, 3.05) is 11.1 Å². The summed E-state index contributed by atoms with van der Waals surface area (Å²) in [6.45, 7) is 2.09. The van der Waals surface area contributed by atoms with Crippen LogP contribution < -0.4 is 10.6 Å². The summed E-state index contributed by atoms with van der Waals surface area (Å²) in [6, 6.07) is 11.5. The minimum atomic E-state index is -0.177. The number of aromatic nitrogens is 4. The summed E-state index contributed by atoms with van der Waals surface area (Å²) in [5.74, 6) is 0.472. The van der Waals surface area contributed by atoms with Crippen molar-refractivity contribution in [2.24, 2.45) is 0 Å². The van der Waals surface area contributed by atoms with E-state index in [-0.39, 0.29) is 23.6 Å². The van der Waals surface area contributed by atoms with Crippen molar-refractivity contribution in [2.45, 2.75) is 37.3 Å². The first kappa shape index (κ1) is 20.1. The van der Waals surface area contributed by atoms with Crippen molar-refractivity contribution >= 4 is 29.3 Å². The number of benzene rings is 1. The first-order valence-corrected chi connectivity index (χ1v) is 10.8. The first-order valence-electron chi connectivity index (χ1n) is 9.81. The Morgan fingerprint density at radius 2 is 1.97 bits per heavy atom. The molecule has 0 spiro atoms. The molecule has 0 radical (unpaired) electrons. The Morgan fingerprint density at radius 3 is 2.70 bits per heavy atom. The van der Waals surface area contributed by atoms with Crippen LogP contribution in [0.3, 0.4) is 0 Å². The van der Waals surface area contributed by atoms with Gasteiger partial charge >= 0.3 is 0 Å². The number of hydrogen-bond acceptors (Lipinski definition) is 6. The molecule has 30 heavy (non-hydrogen) atoms. The second-order valence-electron chi connectivity index (χ2n) is 7.00. The number of nitrogens with one attached hydrogen (secondary N) is 2. The Kier molecular flexibility index (Phi) is 6.08. The molecule has 4 rings (SSSR count). The van der Waals surface area contributed by atoms with Gasteiger partial charge in [0.1, 0.15) is 11.4 Å². The number of amides is 2. The highest BCUT2D eigenvalue weighted by Gasteiger charge is 2.24. The molecule has 154 valence electrons. The highest BCUT2D eigenvalue weighted by molar-refractivity contribution is 7.99. The van der Waals surface area contributed by atoms with Crippen LogP contribution in [0, 0.1) is 0 Å². The van der Waals surface area contributed by atoms with Gasteiger partial charge in [-0.05, 0) is 43.0 Å². The van der Waals surface area contributed by atoms with E-state index in [0.717, 1.165) is 24.9 Å². The van der Waals surface area contributed by atoms with E-state index in [9.17, 15) is 9.59 Å². The maximum absolute atomic E-state index is 12.2. The lowest BCUT2D eigenvalue weighted by atomic mass is 10.1. The van der Waals surface area contributed by atoms with Gasteiger partial charge in [0.05, 0.1) is 5.75 Å². The first-order chi connectivity index (χ1) is 14.6. The monoisotopic (exact) mass is 422 g/mol. The van der Waals surface area contributed by atoms with E-state index in [1.54, 1.807) is 18.3 Å². The topological polar surface area (TPSA) is 102 Å². The fourth-order valence-electron chi connectivity index (χ4n) is 2.75. The molecule has 0 unspecified atom stereocenters. The van der Waals surface area contributed by atoms with Gasteiger partial charge < -0.3 is 10.6 Å². The zero-order valence-corrected chi connectivity index (χ0v) is 17.4. The fourth-order valence-corrected chi connectivity index (χ4v) is 3.42. The standard InChI is InChI=1S/C21H22N6O2S/c1-2-14-3-5-15(6-4-14)24-19(28)12-30-20-11-18(22-13-23-20)27-10-9-17(26-27)21(29)25-16-7-8-16/h3-6,9-11,13,16H,2,7-8,12H2,1H3,(H,24,28)(H,25,29). The lowest BCUT2D eigenvalue weighted by molar-refractivity contribution is -0.113. The lowest BCUT2D eigenvalue weighted by Crippen LogP contribution is -2.25. The number of rotatable bonds is 8. The average Bonchev–Trinajstić information content (AvgIpc) is 3.44. The van der Waals surface area contributed by atoms with Crippen molar-refractivity contribution in [1.29, 1.82) is 0 Å². The van der Waals surface area contributed by atoms with Crippen LogP contribution in [0.4, 0.5) is 5.69 Å². The van der Waals surface area contributed by atoms with Gasteiger partial charge in [-0.15, -0.1) is 0 Å². The van der Waals surface area contributed by atoms with Crippen LogP contribution >= 0.6 is 11.8 Å². The van der Waals surface area contributed by atoms with Gasteiger partial charge in [-0.2, -0.15) is 5.10 Å². The molecule has 2 aromatic heterocycles. The van der Waals surface area contributed by atoms with Gasteiger partial charge in [0.2, 0.25) is 5.91 Å². The van der Waals surface area contributed by atoms with Crippen LogP contribution in [0.2, 0.25) is 0 Å². The van der Waals surface area contributed by atoms with E-state index < -0.39 is 0 Å². The second-order valence-corrected chi connectivity index (χ2v) is 7.99. The van der Waals surface area contributed by atoms with E-state index in [0.29, 0.717) is 16.5 Å². The number of aryl methyl sites for hydroxylation is 1. The molecule has 1 aliphatic carbocycles. The van der Waals surface area contributed by atoms with Crippen molar-refractivity contribution in [3.8, 4) is 5.82 Å². The third-order valence-corrected chi connectivity index (χ3v) is 5.52. The summed E-state index contributed by atoms with van der Waals surface area (Å²) < 4.78 is 1.53. The third kappa shape index (κ3) is 5.24. The average molecular weight is 423 g/mol. The predicted octanol–water partition coefficient (Wildman–Crippen LogP) is 2.85. The van der Waals surface area contributed by atoms with Crippen LogP contribution in [0.15, 0.2) is 53.9 Å². The second kappa shape index (κ2) is 9.08. The Labute approximate surface area is 178 Å². The summed E-state index contributed by atoms with van der Waals surface area (Å²) in [5, 5.41) is 10.7. The SMILES string of the molecule is CCc1ccc(NC(=O)CSc2cc(-n3ccc(C(=O)NC4CC4)n3)ncn2)cc1. The quantitative estimate of drug-likeness (QED) is 0.428. The Morgan fingerprint density at radius 1 is 1.17 bits per heavy atom. The number of thioether (sulfide) groups is 1. The minimum Gasteiger partial charge on any atom is -0.348 e. The number of carbonyl (C=O) groups excluding carboxylic acids is 2. The molecule has 1 fully saturated rings. The predicted molar refractivity (Wildman–Crippen MR) is 115 cm³/mol. The Bertz CT molecular complexity index is 1050. The lowest BCUT2D eigenvalue weighted by Gasteiger charge is -2.06. The largest absolute Gasteiger partial charge is 0.348 e. The van der Waals surface area contributed by atoms with Crippen molar-refractivity contribution in [1.82, 2.24) is 25.1 Å². The Balaban J connectivity index is 1.34. The highest BCUT2D eigenvalue weighted by Crippen LogP contribution is 2.20. The number of carbonyl (C=O) groups is 2. The molecule has 1 aliphatic rings. The molecule has 3 aromatic rings. The molecule has 0 saturated heterocycles. The molecule has 0 bridgehead atoms. The maximum Gasteiger partial charge on any atom is 0.272 e. The van der Waals surface area contributed by atoms with E-state index in [4.69, 9.17) is 0 Å². The summed E-state index contributed by atoms with van der Waals surface area (Å²) >= 11 is 1.31. The smallest absolute Gasteiger partial charge is 0.272 e. The van der Waals surface area contributed by atoms with Crippen molar-refractivity contribution < 1.29 is 9.59 Å². The summed E-state index contributed by atoms with van der Waals surface area (Å²) in [6.07, 6.45) is 6.12. The van der Waals surface area contributed by atoms with Crippen LogP contribution in [-0.2, 0) is 11.2 Å². The zero-order valence-electron chi connectivity index (χ0n) is 16.5. The van der Waals surface area contributed by atoms with Crippen LogP contribution in [-0.4, -0.2) is 43.4 Å². The van der Waals surface area contributed by atoms with Crippen molar-refractivity contribution in [3.05, 3.63) is 60.2 Å². The van der Waals surface area contributed by atoms with Gasteiger partial charge in [-0.1, -0.05) is 30.8 Å². The minimum absolute atomic E-state index is 0.109. The summed E-state index contributed by atoms with van der Waals surface area (Å²) in [7, 11) is 0. The van der Waals surface area contributed by atoms with Gasteiger partial charge in [0.15, 0.2) is 11.5 Å². The summed E-state index contributed by atoms with van der Waals surface area (Å²) in [4.78, 5) is 32.7. The normalized spacial score (nSPS) is 13.1. The molecule has 2 heterocycles. The van der Waals surface area contributed by atoms with Gasteiger partial charge in [-0.3, -0.25) is 9.59 Å². The number of nitrogens with zero attached hydrogens (tertiary/aromatic N) is 4. The molecule has 1 saturated carbocycles. The highest BCUT2D eigenvalue weighted by atomic mass is 32.2. The fraction of sp³-hybridized carbons (Fsp3) is 0.286. The summed E-state index contributed by atoms with van der Waals surface area (Å²) in [5.41, 5.74) is 2.35. The van der Waals surface area contributed by atoms with Crippen LogP contribution in [0.1, 0.15) is 35.8 Å². The van der Waals surface area contributed by atoms with Crippen LogP contribution in [0.5, 0.6) is 0 Å². The molecule has 0 aliphatic heterocycles. The van der Waals surface area contributed by atoms with E-state index in [1.165, 1.54) is 28.3 Å². The molecule has 2 amide bonds. The third-order valence-electron chi connectivity index (χ3n) is 4.59. The van der Waals surface area contributed by atoms with E-state index in [1.807, 2.05) is 24.3 Å². The van der Waals surface area contributed by atoms with Gasteiger partial charge in [0.25, 0.3) is 5.91 Å². The molecule has 9 heteroatoms. The van der Waals surface area contributed by atoms with E-state index in [2.05, 4.69) is 32.6 Å². The molecular weight excluding hydrogens is 400 g/mol. The molecule has 8 nitrogen and oxygen atoms in total. The number of anilines is 1. The van der Waals surface area contributed by atoms with Gasteiger partial charge in [-0.25, -0.2) is 14.6 Å². The maximum atomic E-state index is 12.2.